The van der Waals surface area contributed by atoms with Crippen LogP contribution >= 0.6 is 11.8 Å². The lowest BCUT2D eigenvalue weighted by atomic mass is 9.95. The molecule has 2 aliphatic heterocycles. The zero-order valence-corrected chi connectivity index (χ0v) is 16.8. The van der Waals surface area contributed by atoms with Crippen molar-refractivity contribution < 1.29 is 29.4 Å². The third-order valence-corrected chi connectivity index (χ3v) is 5.89. The number of aromatic nitrogens is 1. The molecular weight excluding hydrogens is 400 g/mol. The summed E-state index contributed by atoms with van der Waals surface area (Å²) in [5, 5.41) is 25.5. The predicted octanol–water partition coefficient (Wildman–Crippen LogP) is 0.844. The van der Waals surface area contributed by atoms with Crippen LogP contribution in [0.1, 0.15) is 31.9 Å². The van der Waals surface area contributed by atoms with E-state index in [9.17, 15) is 24.7 Å². The Kier molecular flexibility index (Phi) is 7.06. The van der Waals surface area contributed by atoms with Gasteiger partial charge in [-0.15, -0.1) is 11.8 Å². The van der Waals surface area contributed by atoms with Crippen LogP contribution in [0.25, 0.3) is 0 Å². The molecule has 1 aromatic rings. The maximum Gasteiger partial charge on any atom is 0.332 e. The van der Waals surface area contributed by atoms with Gasteiger partial charge in [0.05, 0.1) is 28.9 Å². The number of rotatable bonds is 7. The van der Waals surface area contributed by atoms with Gasteiger partial charge < -0.3 is 20.5 Å². The van der Waals surface area contributed by atoms with Crippen LogP contribution < -0.4 is 10.6 Å². The molecule has 2 aliphatic rings. The number of hydroxylamine groups is 2. The van der Waals surface area contributed by atoms with Gasteiger partial charge in [0.1, 0.15) is 5.82 Å². The Morgan fingerprint density at radius 2 is 2.21 bits per heavy atom. The summed E-state index contributed by atoms with van der Waals surface area (Å²) in [6.45, 7) is 2.13. The van der Waals surface area contributed by atoms with E-state index in [-0.39, 0.29) is 24.9 Å². The number of nitrogens with zero attached hydrogens (tertiary/aromatic N) is 2. The third-order valence-electron chi connectivity index (χ3n) is 4.84. The number of ether oxygens (including phenoxy) is 1. The molecule has 2 amide bonds. The molecule has 158 valence electrons. The average molecular weight is 424 g/mol. The number of aliphatic carboxylic acids is 1. The van der Waals surface area contributed by atoms with Crippen molar-refractivity contribution in [3.05, 3.63) is 17.8 Å². The Bertz CT molecular complexity index is 792. The fourth-order valence-electron chi connectivity index (χ4n) is 3.29. The zero-order valence-electron chi connectivity index (χ0n) is 16.0. The van der Waals surface area contributed by atoms with E-state index in [0.29, 0.717) is 41.7 Å². The van der Waals surface area contributed by atoms with E-state index in [1.807, 2.05) is 12.1 Å². The SMILES string of the molecule is CCN(O)C(=O)C[C@@H]1O[C@@H](C(=O)O)CCC1NCc1ccc2c(n1)NC(=O)CS2. The van der Waals surface area contributed by atoms with E-state index in [1.165, 1.54) is 11.8 Å². The molecule has 0 radical (unpaired) electrons. The molecule has 3 atom stereocenters. The molecule has 1 saturated heterocycles. The number of amides is 2. The molecule has 0 aliphatic carbocycles. The first kappa shape index (κ1) is 21.5. The maximum atomic E-state index is 12.1. The number of hydrogen-bond donors (Lipinski definition) is 4. The Hall–Kier alpha value is -2.21. The molecule has 11 heteroatoms. The molecule has 0 aromatic carbocycles. The summed E-state index contributed by atoms with van der Waals surface area (Å²) in [4.78, 5) is 40.3. The zero-order chi connectivity index (χ0) is 21.0. The number of fused-ring (bicyclic) bond motifs is 1. The molecule has 3 rings (SSSR count). The van der Waals surface area contributed by atoms with Crippen LogP contribution in [0.15, 0.2) is 17.0 Å². The Labute approximate surface area is 172 Å². The Balaban J connectivity index is 1.65. The number of carbonyl (C=O) groups excluding carboxylic acids is 2. The Morgan fingerprint density at radius 1 is 1.41 bits per heavy atom. The topological polar surface area (TPSA) is 141 Å². The lowest BCUT2D eigenvalue weighted by Gasteiger charge is -2.35. The molecule has 1 fully saturated rings. The highest BCUT2D eigenvalue weighted by molar-refractivity contribution is 8.00. The van der Waals surface area contributed by atoms with Gasteiger partial charge in [-0.2, -0.15) is 0 Å². The second-order valence-corrected chi connectivity index (χ2v) is 7.88. The van der Waals surface area contributed by atoms with E-state index in [4.69, 9.17) is 4.74 Å². The van der Waals surface area contributed by atoms with Gasteiger partial charge in [0.15, 0.2) is 6.10 Å². The van der Waals surface area contributed by atoms with Gasteiger partial charge in [0.25, 0.3) is 0 Å². The summed E-state index contributed by atoms with van der Waals surface area (Å²) in [5.74, 6) is -0.791. The second-order valence-electron chi connectivity index (χ2n) is 6.87. The van der Waals surface area contributed by atoms with Crippen molar-refractivity contribution in [3.63, 3.8) is 0 Å². The quantitative estimate of drug-likeness (QED) is 0.370. The van der Waals surface area contributed by atoms with E-state index in [2.05, 4.69) is 15.6 Å². The summed E-state index contributed by atoms with van der Waals surface area (Å²) >= 11 is 1.43. The molecule has 4 N–H and O–H groups in total. The number of pyridine rings is 1. The number of nitrogens with one attached hydrogen (secondary N) is 2. The van der Waals surface area contributed by atoms with Crippen molar-refractivity contribution >= 4 is 35.4 Å². The van der Waals surface area contributed by atoms with Gasteiger partial charge in [-0.1, -0.05) is 0 Å². The van der Waals surface area contributed by atoms with E-state index in [0.717, 1.165) is 4.90 Å². The van der Waals surface area contributed by atoms with Crippen molar-refractivity contribution in [2.45, 2.75) is 55.9 Å². The fraction of sp³-hybridized carbons (Fsp3) is 0.556. The van der Waals surface area contributed by atoms with Crippen molar-refractivity contribution in [3.8, 4) is 0 Å². The first-order valence-corrected chi connectivity index (χ1v) is 10.4. The molecule has 10 nitrogen and oxygen atoms in total. The smallest absolute Gasteiger partial charge is 0.332 e. The van der Waals surface area contributed by atoms with Crippen LogP contribution in [-0.4, -0.2) is 68.7 Å². The van der Waals surface area contributed by atoms with Crippen LogP contribution in [0.3, 0.4) is 0 Å². The molecule has 0 spiro atoms. The fourth-order valence-corrected chi connectivity index (χ4v) is 4.04. The molecule has 1 unspecified atom stereocenters. The number of thioether (sulfide) groups is 1. The number of hydrogen-bond acceptors (Lipinski definition) is 8. The molecular formula is C18H24N4O6S. The first-order chi connectivity index (χ1) is 13.9. The molecule has 3 heterocycles. The minimum atomic E-state index is -1.07. The summed E-state index contributed by atoms with van der Waals surface area (Å²) in [5.41, 5.74) is 0.703. The minimum absolute atomic E-state index is 0.0939. The first-order valence-electron chi connectivity index (χ1n) is 9.40. The number of carboxylic acids is 1. The van der Waals surface area contributed by atoms with Crippen LogP contribution in [0, 0.1) is 0 Å². The van der Waals surface area contributed by atoms with Crippen LogP contribution in [0.2, 0.25) is 0 Å². The molecule has 29 heavy (non-hydrogen) atoms. The number of carbonyl (C=O) groups is 3. The van der Waals surface area contributed by atoms with Gasteiger partial charge in [0, 0.05) is 19.1 Å². The number of anilines is 1. The third kappa shape index (κ3) is 5.44. The molecule has 0 saturated carbocycles. The minimum Gasteiger partial charge on any atom is -0.479 e. The van der Waals surface area contributed by atoms with E-state index >= 15 is 0 Å². The van der Waals surface area contributed by atoms with Crippen molar-refractivity contribution in [2.75, 3.05) is 17.6 Å². The molecule has 0 bridgehead atoms. The van der Waals surface area contributed by atoms with Gasteiger partial charge in [-0.05, 0) is 31.9 Å². The van der Waals surface area contributed by atoms with Crippen molar-refractivity contribution in [1.29, 1.82) is 0 Å². The van der Waals surface area contributed by atoms with Gasteiger partial charge in [-0.25, -0.2) is 14.8 Å². The Morgan fingerprint density at radius 3 is 2.93 bits per heavy atom. The highest BCUT2D eigenvalue weighted by Crippen LogP contribution is 2.30. The average Bonchev–Trinajstić information content (AvgIpc) is 2.71. The lowest BCUT2D eigenvalue weighted by molar-refractivity contribution is -0.176. The second kappa shape index (κ2) is 9.53. The van der Waals surface area contributed by atoms with E-state index < -0.39 is 24.1 Å². The van der Waals surface area contributed by atoms with E-state index in [1.54, 1.807) is 6.92 Å². The summed E-state index contributed by atoms with van der Waals surface area (Å²) in [6, 6.07) is 3.47. The van der Waals surface area contributed by atoms with Crippen molar-refractivity contribution in [1.82, 2.24) is 15.4 Å². The monoisotopic (exact) mass is 424 g/mol. The highest BCUT2D eigenvalue weighted by Gasteiger charge is 2.36. The summed E-state index contributed by atoms with van der Waals surface area (Å²) in [6.07, 6.45) is -0.973. The van der Waals surface area contributed by atoms with Gasteiger partial charge >= 0.3 is 5.97 Å². The molecule has 1 aromatic heterocycles. The summed E-state index contributed by atoms with van der Waals surface area (Å²) in [7, 11) is 0. The predicted molar refractivity (Wildman–Crippen MR) is 104 cm³/mol. The normalized spacial score (nSPS) is 23.8. The van der Waals surface area contributed by atoms with Crippen LogP contribution in [0.5, 0.6) is 0 Å². The number of carboxylic acid groups (broad SMARTS) is 1. The van der Waals surface area contributed by atoms with Crippen LogP contribution in [-0.2, 0) is 25.7 Å². The van der Waals surface area contributed by atoms with Crippen LogP contribution in [0.4, 0.5) is 5.82 Å². The van der Waals surface area contributed by atoms with Crippen molar-refractivity contribution in [2.24, 2.45) is 0 Å². The summed E-state index contributed by atoms with van der Waals surface area (Å²) < 4.78 is 5.62. The van der Waals surface area contributed by atoms with Gasteiger partial charge in [-0.3, -0.25) is 14.8 Å². The van der Waals surface area contributed by atoms with Gasteiger partial charge in [0.2, 0.25) is 11.8 Å². The largest absolute Gasteiger partial charge is 0.479 e. The standard InChI is InChI=1S/C18H24N4O6S/c1-2-22(27)16(24)7-13-11(4-5-12(28-13)18(25)26)19-8-10-3-6-14-17(20-10)21-15(23)9-29-14/h3,6,11-13,19,27H,2,4-5,7-9H2,1H3,(H,25,26)(H,20,21,23)/t11?,12-,13+/m1/s1. The lowest BCUT2D eigenvalue weighted by Crippen LogP contribution is -2.50. The highest BCUT2D eigenvalue weighted by atomic mass is 32.2. The maximum absolute atomic E-state index is 12.1.